The molecule has 9 heteroatoms. The first-order valence-electron chi connectivity index (χ1n) is 16.9. The highest BCUT2D eigenvalue weighted by molar-refractivity contribution is 6.81. The number of carbonyl (C=O) groups is 1. The highest BCUT2D eigenvalue weighted by atomic mass is 16.3. The van der Waals surface area contributed by atoms with Crippen LogP contribution in [0.2, 0.25) is 0 Å². The monoisotopic (exact) mass is 652 g/mol. The van der Waals surface area contributed by atoms with Gasteiger partial charge in [0.2, 0.25) is 5.78 Å². The summed E-state index contributed by atoms with van der Waals surface area (Å²) in [5.41, 5.74) is 11.1. The topological polar surface area (TPSA) is 106 Å². The molecule has 0 saturated carbocycles. The van der Waals surface area contributed by atoms with E-state index < -0.39 is 6.98 Å². The van der Waals surface area contributed by atoms with Crippen molar-refractivity contribution in [2.45, 2.75) is 34.6 Å². The van der Waals surface area contributed by atoms with Gasteiger partial charge in [0.25, 0.3) is 0 Å². The largest absolute Gasteiger partial charge is 0.508 e. The second-order valence-corrected chi connectivity index (χ2v) is 13.9. The summed E-state index contributed by atoms with van der Waals surface area (Å²) in [7, 11) is 0. The quantitative estimate of drug-likeness (QED) is 0.159. The van der Waals surface area contributed by atoms with Crippen molar-refractivity contribution in [1.82, 2.24) is 0 Å². The number of hydrogen-bond donors (Lipinski definition) is 5. The normalized spacial score (nSPS) is 15.8. The minimum atomic E-state index is -0.582. The van der Waals surface area contributed by atoms with Gasteiger partial charge in [0.05, 0.1) is 16.5 Å². The van der Waals surface area contributed by atoms with Gasteiger partial charge in [-0.1, -0.05) is 83.4 Å². The van der Waals surface area contributed by atoms with Crippen LogP contribution in [-0.4, -0.2) is 30.0 Å². The SMILES string of the molecule is Cc1cc(C)c(B2Nc3cccc4ccc(C5=C(O)/C(=c6/ccc7cccc8c7c6=NB(c6c(C)cc(C)cc6O)N8)C5=O)c(c34)N2)c(C)c1. The zero-order valence-electron chi connectivity index (χ0n) is 28.5. The molecule has 50 heavy (non-hydrogen) atoms. The number of aliphatic hydroxyl groups is 1. The fourth-order valence-corrected chi connectivity index (χ4v) is 8.46. The van der Waals surface area contributed by atoms with Crippen LogP contribution >= 0.6 is 0 Å². The van der Waals surface area contributed by atoms with Crippen molar-refractivity contribution < 1.29 is 15.0 Å². The number of hydrogen-bond acceptors (Lipinski definition) is 7. The third-order valence-electron chi connectivity index (χ3n) is 10.5. The van der Waals surface area contributed by atoms with Crippen molar-refractivity contribution in [2.75, 3.05) is 15.7 Å². The molecule has 6 aromatic carbocycles. The number of allylic oxidation sites excluding steroid dienone is 2. The summed E-state index contributed by atoms with van der Waals surface area (Å²) in [5.74, 6) is -0.117. The standard InChI is InChI=1S/C41H34B2N4O3/c1-20-16-22(3)36(23(4)17-20)42-44-29-10-6-8-25-12-14-27(38(46-42)32(25)29)34-40(49)35(41(34)50)28-15-13-26-9-7-11-30-33(26)39(28)47-43(45-30)37-24(5)18-21(2)19-31(37)48/h6-19,44-46,48-49H,1-5H3/b35-28+. The number of ketones is 1. The molecule has 0 unspecified atom stereocenters. The number of phenols is 1. The Hall–Kier alpha value is -5.95. The number of anilines is 3. The van der Waals surface area contributed by atoms with E-state index >= 15 is 0 Å². The van der Waals surface area contributed by atoms with Crippen LogP contribution in [0.1, 0.15) is 33.4 Å². The Morgan fingerprint density at radius 1 is 0.640 bits per heavy atom. The van der Waals surface area contributed by atoms with Gasteiger partial charge in [-0.05, 0) is 80.2 Å². The summed E-state index contributed by atoms with van der Waals surface area (Å²) in [6, 6.07) is 28.0. The molecule has 0 saturated heterocycles. The van der Waals surface area contributed by atoms with Gasteiger partial charge in [0, 0.05) is 44.1 Å². The molecule has 9 rings (SSSR count). The summed E-state index contributed by atoms with van der Waals surface area (Å²) in [4.78, 5) is 19.5. The molecular weight excluding hydrogens is 618 g/mol. The Morgan fingerprint density at radius 3 is 1.94 bits per heavy atom. The molecule has 242 valence electrons. The first-order valence-corrected chi connectivity index (χ1v) is 16.9. The van der Waals surface area contributed by atoms with E-state index in [1.807, 2.05) is 68.4 Å². The third-order valence-corrected chi connectivity index (χ3v) is 10.5. The fourth-order valence-electron chi connectivity index (χ4n) is 8.46. The number of nitrogens with zero attached hydrogens (tertiary/aromatic N) is 1. The molecule has 3 aliphatic rings. The number of benzene rings is 6. The first kappa shape index (κ1) is 30.1. The van der Waals surface area contributed by atoms with Crippen molar-refractivity contribution in [3.63, 3.8) is 0 Å². The second kappa shape index (κ2) is 10.8. The Balaban J connectivity index is 1.25. The van der Waals surface area contributed by atoms with Crippen LogP contribution in [0.3, 0.4) is 0 Å². The number of Topliss-reactive ketones (excluding diaryl/α,β-unsaturated/α-hetero) is 1. The van der Waals surface area contributed by atoms with Crippen molar-refractivity contribution in [3.05, 3.63) is 135 Å². The average molecular weight is 652 g/mol. The van der Waals surface area contributed by atoms with Crippen LogP contribution in [0, 0.1) is 34.6 Å². The highest BCUT2D eigenvalue weighted by Crippen LogP contribution is 2.45. The number of aromatic hydroxyl groups is 1. The van der Waals surface area contributed by atoms with Gasteiger partial charge < -0.3 is 30.8 Å². The van der Waals surface area contributed by atoms with E-state index in [1.54, 1.807) is 6.07 Å². The lowest BCUT2D eigenvalue weighted by atomic mass is 9.62. The third kappa shape index (κ3) is 4.32. The summed E-state index contributed by atoms with van der Waals surface area (Å²) >= 11 is 0. The van der Waals surface area contributed by atoms with Crippen LogP contribution in [0.15, 0.2) is 95.6 Å². The molecule has 0 spiro atoms. The van der Waals surface area contributed by atoms with Gasteiger partial charge in [-0.3, -0.25) is 4.79 Å². The molecule has 2 aliphatic heterocycles. The molecule has 0 aromatic heterocycles. The highest BCUT2D eigenvalue weighted by Gasteiger charge is 2.40. The number of phenolic OH excluding ortho intramolecular Hbond substituents is 1. The molecular formula is C41H34B2N4O3. The molecule has 6 aromatic rings. The van der Waals surface area contributed by atoms with Crippen molar-refractivity contribution in [1.29, 1.82) is 0 Å². The summed E-state index contributed by atoms with van der Waals surface area (Å²) in [6.07, 6.45) is 0. The maximum atomic E-state index is 14.4. The molecule has 1 aliphatic carbocycles. The fraction of sp³-hybridized carbons (Fsp3) is 0.122. The zero-order valence-corrected chi connectivity index (χ0v) is 28.5. The zero-order chi connectivity index (χ0) is 34.6. The summed E-state index contributed by atoms with van der Waals surface area (Å²) < 4.78 is 0. The molecule has 2 heterocycles. The number of aryl methyl sites for hydroxylation is 5. The van der Waals surface area contributed by atoms with Crippen molar-refractivity contribution in [2.24, 2.45) is 4.90 Å². The molecule has 0 atom stereocenters. The molecule has 5 N–H and O–H groups in total. The average Bonchev–Trinajstić information content (AvgIpc) is 3.06. The van der Waals surface area contributed by atoms with E-state index in [2.05, 4.69) is 60.7 Å². The van der Waals surface area contributed by atoms with Crippen LogP contribution in [0.25, 0.3) is 32.7 Å². The van der Waals surface area contributed by atoms with Gasteiger partial charge in [0.15, 0.2) is 0 Å². The predicted molar refractivity (Wildman–Crippen MR) is 207 cm³/mol. The first-order chi connectivity index (χ1) is 24.1. The molecule has 0 bridgehead atoms. The van der Waals surface area contributed by atoms with Crippen LogP contribution in [0.5, 0.6) is 5.75 Å². The lowest BCUT2D eigenvalue weighted by Gasteiger charge is -2.32. The Labute approximate surface area is 290 Å². The number of aliphatic hydroxyl groups excluding tert-OH is 1. The number of carbonyl (C=O) groups excluding carboxylic acids is 1. The van der Waals surface area contributed by atoms with E-state index in [9.17, 15) is 15.0 Å². The number of nitrogens with one attached hydrogen (secondary N) is 3. The van der Waals surface area contributed by atoms with Gasteiger partial charge in [-0.15, -0.1) is 0 Å². The van der Waals surface area contributed by atoms with Crippen molar-refractivity contribution >= 4 is 80.4 Å². The van der Waals surface area contributed by atoms with Crippen LogP contribution in [0.4, 0.5) is 17.1 Å². The lowest BCUT2D eigenvalue weighted by Crippen LogP contribution is -2.50. The van der Waals surface area contributed by atoms with E-state index in [0.717, 1.165) is 55.2 Å². The van der Waals surface area contributed by atoms with E-state index in [0.29, 0.717) is 21.6 Å². The molecule has 0 amide bonds. The summed E-state index contributed by atoms with van der Waals surface area (Å²) in [6.45, 7) is 9.45. The van der Waals surface area contributed by atoms with E-state index in [-0.39, 0.29) is 35.4 Å². The van der Waals surface area contributed by atoms with E-state index in [4.69, 9.17) is 4.90 Å². The van der Waals surface area contributed by atoms with Crippen LogP contribution in [-0.2, 0) is 4.79 Å². The maximum Gasteiger partial charge on any atom is 0.431 e. The van der Waals surface area contributed by atoms with Gasteiger partial charge in [-0.25, -0.2) is 0 Å². The van der Waals surface area contributed by atoms with Gasteiger partial charge >= 0.3 is 14.0 Å². The van der Waals surface area contributed by atoms with Gasteiger partial charge in [0.1, 0.15) is 11.5 Å². The maximum absolute atomic E-state index is 14.4. The van der Waals surface area contributed by atoms with Crippen LogP contribution < -0.4 is 37.2 Å². The van der Waals surface area contributed by atoms with E-state index in [1.165, 1.54) is 16.7 Å². The summed E-state index contributed by atoms with van der Waals surface area (Å²) in [5, 5.41) is 38.9. The predicted octanol–water partition coefficient (Wildman–Crippen LogP) is 5.62. The Bertz CT molecular complexity index is 2660. The smallest absolute Gasteiger partial charge is 0.431 e. The Kier molecular flexibility index (Phi) is 6.49. The molecule has 7 nitrogen and oxygen atoms in total. The number of rotatable bonds is 3. The second-order valence-electron chi connectivity index (χ2n) is 13.9. The Morgan fingerprint density at radius 2 is 1.26 bits per heavy atom. The minimum Gasteiger partial charge on any atom is -0.508 e. The van der Waals surface area contributed by atoms with Crippen molar-refractivity contribution in [3.8, 4) is 5.75 Å². The molecule has 0 fully saturated rings. The lowest BCUT2D eigenvalue weighted by molar-refractivity contribution is -0.109. The van der Waals surface area contributed by atoms with Gasteiger partial charge in [-0.2, -0.15) is 0 Å². The minimum absolute atomic E-state index is 0.0459. The molecule has 0 radical (unpaired) electrons.